The highest BCUT2D eigenvalue weighted by Gasteiger charge is 2.39. The van der Waals surface area contributed by atoms with Gasteiger partial charge >= 0.3 is 0 Å². The summed E-state index contributed by atoms with van der Waals surface area (Å²) >= 11 is 0. The van der Waals surface area contributed by atoms with E-state index in [1.165, 1.54) is 29.8 Å². The number of hydrogen-bond donors (Lipinski definition) is 1. The maximum atomic E-state index is 13.0. The van der Waals surface area contributed by atoms with Crippen LogP contribution in [0.25, 0.3) is 0 Å². The zero-order chi connectivity index (χ0) is 17.3. The zero-order valence-corrected chi connectivity index (χ0v) is 13.6. The number of hydrogen-bond acceptors (Lipinski definition) is 3. The summed E-state index contributed by atoms with van der Waals surface area (Å²) in [4.78, 5) is 25.8. The maximum absolute atomic E-state index is 13.0. The van der Waals surface area contributed by atoms with Crippen molar-refractivity contribution in [2.45, 2.75) is 32.2 Å². The molecule has 4 nitrogen and oxygen atoms in total. The molecule has 0 aromatic heterocycles. The fourth-order valence-electron chi connectivity index (χ4n) is 2.77. The first-order chi connectivity index (χ1) is 11.5. The molecule has 2 amide bonds. The average Bonchev–Trinajstić information content (AvgIpc) is 2.83. The predicted molar refractivity (Wildman–Crippen MR) is 91.5 cm³/mol. The largest absolute Gasteiger partial charge is 0.373 e. The molecular formula is C19H19FN2O2. The number of nitrogens with zero attached hydrogens (tertiary/aromatic N) is 1. The van der Waals surface area contributed by atoms with Gasteiger partial charge in [0.15, 0.2) is 0 Å². The van der Waals surface area contributed by atoms with Crippen LogP contribution in [0.4, 0.5) is 15.8 Å². The van der Waals surface area contributed by atoms with Crippen LogP contribution >= 0.6 is 0 Å². The lowest BCUT2D eigenvalue weighted by Crippen LogP contribution is -2.34. The third-order valence-electron chi connectivity index (χ3n) is 4.15. The van der Waals surface area contributed by atoms with Crippen molar-refractivity contribution in [1.82, 2.24) is 0 Å². The number of nitrogens with one attached hydrogen (secondary N) is 1. The molecule has 2 aromatic rings. The predicted octanol–water partition coefficient (Wildman–Crippen LogP) is 3.69. The van der Waals surface area contributed by atoms with Gasteiger partial charge in [0.25, 0.3) is 5.91 Å². The van der Waals surface area contributed by atoms with Gasteiger partial charge in [-0.05, 0) is 47.9 Å². The van der Waals surface area contributed by atoms with Crippen molar-refractivity contribution in [2.75, 3.05) is 10.2 Å². The van der Waals surface area contributed by atoms with Crippen LogP contribution in [0, 0.1) is 5.82 Å². The van der Waals surface area contributed by atoms with Crippen LogP contribution in [0.15, 0.2) is 48.5 Å². The minimum Gasteiger partial charge on any atom is -0.373 e. The van der Waals surface area contributed by atoms with E-state index in [0.29, 0.717) is 11.6 Å². The van der Waals surface area contributed by atoms with Gasteiger partial charge in [-0.15, -0.1) is 0 Å². The summed E-state index contributed by atoms with van der Waals surface area (Å²) < 4.78 is 13.0. The lowest BCUT2D eigenvalue weighted by atomic mass is 10.0. The Morgan fingerprint density at radius 1 is 1.04 bits per heavy atom. The third-order valence-corrected chi connectivity index (χ3v) is 4.15. The number of imide groups is 1. The summed E-state index contributed by atoms with van der Waals surface area (Å²) in [6.45, 7) is 4.23. The molecule has 1 heterocycles. The fraction of sp³-hybridized carbons (Fsp3) is 0.263. The van der Waals surface area contributed by atoms with Gasteiger partial charge in [-0.25, -0.2) is 9.29 Å². The summed E-state index contributed by atoms with van der Waals surface area (Å²) in [5.41, 5.74) is 2.40. The molecule has 1 aliphatic rings. The minimum absolute atomic E-state index is 0.0855. The number of amides is 2. The average molecular weight is 326 g/mol. The Kier molecular flexibility index (Phi) is 4.34. The normalized spacial score (nSPS) is 17.7. The van der Waals surface area contributed by atoms with Crippen LogP contribution in [0.2, 0.25) is 0 Å². The molecule has 1 saturated heterocycles. The van der Waals surface area contributed by atoms with Crippen LogP contribution < -0.4 is 10.2 Å². The van der Waals surface area contributed by atoms with Gasteiger partial charge in [0.05, 0.1) is 12.1 Å². The van der Waals surface area contributed by atoms with Crippen LogP contribution in [0.3, 0.4) is 0 Å². The maximum Gasteiger partial charge on any atom is 0.256 e. The minimum atomic E-state index is -0.604. The van der Waals surface area contributed by atoms with Crippen LogP contribution in [0.1, 0.15) is 31.7 Å². The Hall–Kier alpha value is -2.69. The first-order valence-corrected chi connectivity index (χ1v) is 7.94. The molecule has 3 rings (SSSR count). The first-order valence-electron chi connectivity index (χ1n) is 7.94. The van der Waals surface area contributed by atoms with E-state index >= 15 is 0 Å². The molecule has 0 spiro atoms. The van der Waals surface area contributed by atoms with E-state index in [4.69, 9.17) is 0 Å². The smallest absolute Gasteiger partial charge is 0.256 e. The number of anilines is 2. The topological polar surface area (TPSA) is 49.4 Å². The number of halogens is 1. The molecule has 0 radical (unpaired) electrons. The molecular weight excluding hydrogens is 307 g/mol. The first kappa shape index (κ1) is 16.2. The second kappa shape index (κ2) is 6.43. The second-order valence-electron chi connectivity index (χ2n) is 6.22. The van der Waals surface area contributed by atoms with Crippen LogP contribution in [0.5, 0.6) is 0 Å². The number of benzene rings is 2. The standard InChI is InChI=1S/C19H19FN2O2/c1-12(2)13-3-7-15(8-4-13)21-17-11-18(23)22(19(17)24)16-9-5-14(20)6-10-16/h3-10,12,17,21H,11H2,1-2H3. The molecule has 0 aliphatic carbocycles. The van der Waals surface area contributed by atoms with E-state index in [-0.39, 0.29) is 18.2 Å². The van der Waals surface area contributed by atoms with Gasteiger partial charge in [-0.1, -0.05) is 26.0 Å². The lowest BCUT2D eigenvalue weighted by molar-refractivity contribution is -0.121. The summed E-state index contributed by atoms with van der Waals surface area (Å²) in [6, 6.07) is 12.6. The van der Waals surface area contributed by atoms with Gasteiger partial charge in [0.1, 0.15) is 11.9 Å². The van der Waals surface area contributed by atoms with Gasteiger partial charge in [0, 0.05) is 5.69 Å². The molecule has 2 aromatic carbocycles. The van der Waals surface area contributed by atoms with Crippen molar-refractivity contribution >= 4 is 23.2 Å². The van der Waals surface area contributed by atoms with Crippen molar-refractivity contribution in [1.29, 1.82) is 0 Å². The highest BCUT2D eigenvalue weighted by molar-refractivity contribution is 6.23. The van der Waals surface area contributed by atoms with Gasteiger partial charge in [-0.2, -0.15) is 0 Å². The van der Waals surface area contributed by atoms with E-state index in [0.717, 1.165) is 10.6 Å². The monoisotopic (exact) mass is 326 g/mol. The highest BCUT2D eigenvalue weighted by atomic mass is 19.1. The molecule has 24 heavy (non-hydrogen) atoms. The Labute approximate surface area is 140 Å². The Balaban J connectivity index is 1.75. The molecule has 1 unspecified atom stereocenters. The molecule has 1 atom stereocenters. The summed E-state index contributed by atoms with van der Waals surface area (Å²) in [5, 5.41) is 3.11. The van der Waals surface area contributed by atoms with Crippen molar-refractivity contribution < 1.29 is 14.0 Å². The summed E-state index contributed by atoms with van der Waals surface area (Å²) in [7, 11) is 0. The summed E-state index contributed by atoms with van der Waals surface area (Å²) in [5.74, 6) is -0.581. The highest BCUT2D eigenvalue weighted by Crippen LogP contribution is 2.25. The van der Waals surface area contributed by atoms with Crippen molar-refractivity contribution in [3.63, 3.8) is 0 Å². The molecule has 1 fully saturated rings. The second-order valence-corrected chi connectivity index (χ2v) is 6.22. The Morgan fingerprint density at radius 3 is 2.25 bits per heavy atom. The van der Waals surface area contributed by atoms with E-state index in [9.17, 15) is 14.0 Å². The third kappa shape index (κ3) is 3.15. The van der Waals surface area contributed by atoms with Gasteiger partial charge < -0.3 is 5.32 Å². The summed E-state index contributed by atoms with van der Waals surface area (Å²) in [6.07, 6.45) is 0.0855. The van der Waals surface area contributed by atoms with Crippen LogP contribution in [-0.2, 0) is 9.59 Å². The molecule has 1 N–H and O–H groups in total. The molecule has 0 bridgehead atoms. The van der Waals surface area contributed by atoms with E-state index < -0.39 is 11.9 Å². The van der Waals surface area contributed by atoms with E-state index in [1.807, 2.05) is 24.3 Å². The lowest BCUT2D eigenvalue weighted by Gasteiger charge is -2.16. The van der Waals surface area contributed by atoms with Crippen molar-refractivity contribution in [3.05, 3.63) is 59.9 Å². The molecule has 1 aliphatic heterocycles. The van der Waals surface area contributed by atoms with Crippen molar-refractivity contribution in [3.8, 4) is 0 Å². The molecule has 0 saturated carbocycles. The quantitative estimate of drug-likeness (QED) is 0.872. The Morgan fingerprint density at radius 2 is 1.67 bits per heavy atom. The fourth-order valence-corrected chi connectivity index (χ4v) is 2.77. The molecule has 5 heteroatoms. The van der Waals surface area contributed by atoms with E-state index in [1.54, 1.807) is 0 Å². The van der Waals surface area contributed by atoms with E-state index in [2.05, 4.69) is 19.2 Å². The number of carbonyl (C=O) groups is 2. The van der Waals surface area contributed by atoms with Crippen LogP contribution in [-0.4, -0.2) is 17.9 Å². The molecule has 124 valence electrons. The van der Waals surface area contributed by atoms with Crippen molar-refractivity contribution in [2.24, 2.45) is 0 Å². The Bertz CT molecular complexity index is 754. The van der Waals surface area contributed by atoms with Gasteiger partial charge in [-0.3, -0.25) is 9.59 Å². The number of carbonyl (C=O) groups excluding carboxylic acids is 2. The van der Waals surface area contributed by atoms with Gasteiger partial charge in [0.2, 0.25) is 5.91 Å². The zero-order valence-electron chi connectivity index (χ0n) is 13.6. The SMILES string of the molecule is CC(C)c1ccc(NC2CC(=O)N(c3ccc(F)cc3)C2=O)cc1. The number of rotatable bonds is 4.